The molecule has 0 saturated carbocycles. The Morgan fingerprint density at radius 3 is 2.21 bits per heavy atom. The Labute approximate surface area is 119 Å². The molecule has 0 radical (unpaired) electrons. The molecule has 1 N–H and O–H groups in total. The molecule has 0 bridgehead atoms. The number of carbonyl (C=O) groups excluding carboxylic acids is 1. The third-order valence-electron chi connectivity index (χ3n) is 4.49. The molecule has 1 fully saturated rings. The molecule has 0 amide bonds. The molecule has 0 aromatic heterocycles. The highest BCUT2D eigenvalue weighted by Crippen LogP contribution is 2.22. The molecule has 0 aromatic carbocycles. The summed E-state index contributed by atoms with van der Waals surface area (Å²) in [5, 5.41) is 3.42. The number of hydrogen-bond donors (Lipinski definition) is 1. The van der Waals surface area contributed by atoms with Crippen LogP contribution in [-0.2, 0) is 4.79 Å². The molecule has 1 atom stereocenters. The summed E-state index contributed by atoms with van der Waals surface area (Å²) in [4.78, 5) is 12.2. The van der Waals surface area contributed by atoms with Gasteiger partial charge < -0.3 is 5.32 Å². The fourth-order valence-electron chi connectivity index (χ4n) is 2.99. The molecule has 1 saturated heterocycles. The van der Waals surface area contributed by atoms with Gasteiger partial charge in [-0.2, -0.15) is 0 Å². The number of Topliss-reactive ketones (excluding diaryl/α,β-unsaturated/α-hetero) is 1. The maximum absolute atomic E-state index is 12.2. The number of ketones is 1. The van der Waals surface area contributed by atoms with Crippen molar-refractivity contribution in [2.24, 2.45) is 0 Å². The molecule has 0 aromatic rings. The summed E-state index contributed by atoms with van der Waals surface area (Å²) in [5.41, 5.74) is -0.209. The first-order valence-corrected chi connectivity index (χ1v) is 8.47. The van der Waals surface area contributed by atoms with E-state index in [-0.39, 0.29) is 5.54 Å². The van der Waals surface area contributed by atoms with Crippen LogP contribution in [0.15, 0.2) is 0 Å². The summed E-state index contributed by atoms with van der Waals surface area (Å²) < 4.78 is 0. The molecule has 1 aliphatic rings. The molecular weight excluding hydrogens is 234 g/mol. The smallest absolute Gasteiger partial charge is 0.152 e. The summed E-state index contributed by atoms with van der Waals surface area (Å²) in [5.74, 6) is 0.443. The van der Waals surface area contributed by atoms with Crippen LogP contribution in [0.5, 0.6) is 0 Å². The van der Waals surface area contributed by atoms with Crippen LogP contribution >= 0.6 is 0 Å². The minimum Gasteiger partial charge on any atom is -0.305 e. The lowest BCUT2D eigenvalue weighted by atomic mass is 9.84. The molecule has 1 aliphatic heterocycles. The summed E-state index contributed by atoms with van der Waals surface area (Å²) >= 11 is 0. The molecule has 1 heterocycles. The fraction of sp³-hybridized carbons (Fsp3) is 0.941. The van der Waals surface area contributed by atoms with Gasteiger partial charge in [-0.15, -0.1) is 0 Å². The predicted molar refractivity (Wildman–Crippen MR) is 82.5 cm³/mol. The highest BCUT2D eigenvalue weighted by atomic mass is 16.1. The van der Waals surface area contributed by atoms with E-state index in [0.717, 1.165) is 25.8 Å². The average Bonchev–Trinajstić information content (AvgIpc) is 2.42. The Balaban J connectivity index is 2.01. The van der Waals surface area contributed by atoms with Gasteiger partial charge in [0.05, 0.1) is 5.54 Å². The number of hydrogen-bond acceptors (Lipinski definition) is 2. The second-order valence-electron chi connectivity index (χ2n) is 6.36. The summed E-state index contributed by atoms with van der Waals surface area (Å²) in [6.07, 6.45) is 14.7. The lowest BCUT2D eigenvalue weighted by molar-refractivity contribution is -0.125. The maximum Gasteiger partial charge on any atom is 0.152 e. The Hall–Kier alpha value is -0.370. The monoisotopic (exact) mass is 267 g/mol. The van der Waals surface area contributed by atoms with Gasteiger partial charge in [0.15, 0.2) is 5.78 Å². The SMILES string of the molecule is CCCCCCCCCCC(=O)C1(C)CCCCN1. The van der Waals surface area contributed by atoms with Crippen LogP contribution in [0.2, 0.25) is 0 Å². The number of nitrogens with one attached hydrogen (secondary N) is 1. The molecule has 2 nitrogen and oxygen atoms in total. The second kappa shape index (κ2) is 9.52. The Bertz CT molecular complexity index is 244. The van der Waals surface area contributed by atoms with Crippen molar-refractivity contribution >= 4 is 5.78 Å². The van der Waals surface area contributed by atoms with Crippen LogP contribution in [0.4, 0.5) is 0 Å². The second-order valence-corrected chi connectivity index (χ2v) is 6.36. The van der Waals surface area contributed by atoms with Crippen molar-refractivity contribution in [3.05, 3.63) is 0 Å². The number of unbranched alkanes of at least 4 members (excludes halogenated alkanes) is 7. The maximum atomic E-state index is 12.2. The van der Waals surface area contributed by atoms with Gasteiger partial charge in [-0.05, 0) is 39.2 Å². The first-order chi connectivity index (χ1) is 9.19. The summed E-state index contributed by atoms with van der Waals surface area (Å²) in [7, 11) is 0. The molecular formula is C17H33NO. The number of piperidine rings is 1. The molecule has 2 heteroatoms. The fourth-order valence-corrected chi connectivity index (χ4v) is 2.99. The van der Waals surface area contributed by atoms with Crippen LogP contribution in [0.3, 0.4) is 0 Å². The lowest BCUT2D eigenvalue weighted by Crippen LogP contribution is -2.52. The topological polar surface area (TPSA) is 29.1 Å². The summed E-state index contributed by atoms with van der Waals surface area (Å²) in [6, 6.07) is 0. The highest BCUT2D eigenvalue weighted by molar-refractivity contribution is 5.88. The average molecular weight is 267 g/mol. The molecule has 0 spiro atoms. The van der Waals surface area contributed by atoms with Gasteiger partial charge in [-0.25, -0.2) is 0 Å². The zero-order valence-corrected chi connectivity index (χ0v) is 13.1. The van der Waals surface area contributed by atoms with Crippen molar-refractivity contribution < 1.29 is 4.79 Å². The standard InChI is InChI=1S/C17H33NO/c1-3-4-5-6-7-8-9-10-13-16(19)17(2)14-11-12-15-18-17/h18H,3-15H2,1-2H3. The largest absolute Gasteiger partial charge is 0.305 e. The van der Waals surface area contributed by atoms with E-state index in [2.05, 4.69) is 19.2 Å². The summed E-state index contributed by atoms with van der Waals surface area (Å²) in [6.45, 7) is 5.37. The third kappa shape index (κ3) is 6.56. The molecule has 19 heavy (non-hydrogen) atoms. The van der Waals surface area contributed by atoms with Gasteiger partial charge in [-0.3, -0.25) is 4.79 Å². The minimum absolute atomic E-state index is 0.209. The van der Waals surface area contributed by atoms with E-state index in [9.17, 15) is 4.79 Å². The van der Waals surface area contributed by atoms with Crippen molar-refractivity contribution in [3.63, 3.8) is 0 Å². The van der Waals surface area contributed by atoms with Gasteiger partial charge in [0.25, 0.3) is 0 Å². The first kappa shape index (κ1) is 16.7. The van der Waals surface area contributed by atoms with E-state index >= 15 is 0 Å². The Morgan fingerprint density at radius 1 is 1.00 bits per heavy atom. The van der Waals surface area contributed by atoms with E-state index < -0.39 is 0 Å². The van der Waals surface area contributed by atoms with E-state index in [1.807, 2.05) is 0 Å². The van der Waals surface area contributed by atoms with E-state index in [0.29, 0.717) is 5.78 Å². The van der Waals surface area contributed by atoms with Crippen molar-refractivity contribution in [3.8, 4) is 0 Å². The molecule has 0 aliphatic carbocycles. The lowest BCUT2D eigenvalue weighted by Gasteiger charge is -2.33. The van der Waals surface area contributed by atoms with E-state index in [4.69, 9.17) is 0 Å². The predicted octanol–water partition coefficient (Wildman–Crippen LogP) is 4.62. The van der Waals surface area contributed by atoms with Gasteiger partial charge in [-0.1, -0.05) is 51.9 Å². The minimum atomic E-state index is -0.209. The highest BCUT2D eigenvalue weighted by Gasteiger charge is 2.32. The van der Waals surface area contributed by atoms with Crippen molar-refractivity contribution in [2.45, 2.75) is 96.4 Å². The van der Waals surface area contributed by atoms with Crippen LogP contribution in [-0.4, -0.2) is 17.9 Å². The number of carbonyl (C=O) groups is 1. The Morgan fingerprint density at radius 2 is 1.63 bits per heavy atom. The van der Waals surface area contributed by atoms with Crippen LogP contribution in [0.25, 0.3) is 0 Å². The molecule has 1 rings (SSSR count). The first-order valence-electron chi connectivity index (χ1n) is 8.47. The van der Waals surface area contributed by atoms with Crippen LogP contribution in [0.1, 0.15) is 90.9 Å². The van der Waals surface area contributed by atoms with Gasteiger partial charge >= 0.3 is 0 Å². The van der Waals surface area contributed by atoms with Crippen LogP contribution in [0, 0.1) is 0 Å². The third-order valence-corrected chi connectivity index (χ3v) is 4.49. The normalized spacial score (nSPS) is 23.5. The zero-order valence-electron chi connectivity index (χ0n) is 13.1. The van der Waals surface area contributed by atoms with Crippen molar-refractivity contribution in [2.75, 3.05) is 6.54 Å². The quantitative estimate of drug-likeness (QED) is 0.585. The molecule has 1 unspecified atom stereocenters. The molecule has 112 valence electrons. The van der Waals surface area contributed by atoms with Gasteiger partial charge in [0, 0.05) is 6.42 Å². The van der Waals surface area contributed by atoms with E-state index in [1.54, 1.807) is 0 Å². The van der Waals surface area contributed by atoms with Crippen LogP contribution < -0.4 is 5.32 Å². The van der Waals surface area contributed by atoms with Crippen molar-refractivity contribution in [1.29, 1.82) is 0 Å². The van der Waals surface area contributed by atoms with Gasteiger partial charge in [0.1, 0.15) is 0 Å². The zero-order chi connectivity index (χ0) is 14.0. The number of rotatable bonds is 10. The van der Waals surface area contributed by atoms with Gasteiger partial charge in [0.2, 0.25) is 0 Å². The van der Waals surface area contributed by atoms with E-state index in [1.165, 1.54) is 57.8 Å². The Kier molecular flexibility index (Phi) is 8.36. The van der Waals surface area contributed by atoms with Crippen molar-refractivity contribution in [1.82, 2.24) is 5.32 Å².